The Morgan fingerprint density at radius 3 is 2.73 bits per heavy atom. The minimum absolute atomic E-state index is 0.0808. The molecule has 15 heavy (non-hydrogen) atoms. The first-order valence-corrected chi connectivity index (χ1v) is 7.20. The minimum atomic E-state index is -2.83. The van der Waals surface area contributed by atoms with Gasteiger partial charge < -0.3 is 5.73 Å². The van der Waals surface area contributed by atoms with Crippen LogP contribution in [-0.2, 0) is 16.9 Å². The normalized spacial score (nSPS) is 24.5. The number of thioether (sulfide) groups is 1. The van der Waals surface area contributed by atoms with E-state index >= 15 is 0 Å². The first kappa shape index (κ1) is 10.7. The number of sulfone groups is 1. The summed E-state index contributed by atoms with van der Waals surface area (Å²) >= 11 is 1.43. The lowest BCUT2D eigenvalue weighted by Gasteiger charge is -2.05. The van der Waals surface area contributed by atoms with E-state index in [9.17, 15) is 8.42 Å². The van der Waals surface area contributed by atoms with Gasteiger partial charge in [-0.15, -0.1) is 10.2 Å². The van der Waals surface area contributed by atoms with Crippen molar-refractivity contribution in [2.45, 2.75) is 16.8 Å². The van der Waals surface area contributed by atoms with Gasteiger partial charge in [-0.3, -0.25) is 4.57 Å². The van der Waals surface area contributed by atoms with Crippen LogP contribution >= 0.6 is 11.8 Å². The van der Waals surface area contributed by atoms with Gasteiger partial charge in [0.15, 0.2) is 15.0 Å². The van der Waals surface area contributed by atoms with Crippen molar-refractivity contribution >= 4 is 27.5 Å². The molecule has 0 bridgehead atoms. The maximum Gasteiger partial charge on any atom is 0.222 e. The first-order chi connectivity index (χ1) is 6.98. The van der Waals surface area contributed by atoms with Crippen LogP contribution in [-0.4, -0.2) is 39.9 Å². The van der Waals surface area contributed by atoms with Crippen LogP contribution in [0.5, 0.6) is 0 Å². The van der Waals surface area contributed by atoms with Gasteiger partial charge in [0.1, 0.15) is 0 Å². The summed E-state index contributed by atoms with van der Waals surface area (Å²) in [5, 5.41) is 8.35. The van der Waals surface area contributed by atoms with Gasteiger partial charge in [-0.2, -0.15) is 0 Å². The molecular weight excluding hydrogens is 236 g/mol. The largest absolute Gasteiger partial charge is 0.368 e. The van der Waals surface area contributed by atoms with E-state index in [-0.39, 0.29) is 16.8 Å². The molecule has 6 nitrogen and oxygen atoms in total. The van der Waals surface area contributed by atoms with Crippen molar-refractivity contribution in [2.75, 3.05) is 17.2 Å². The molecule has 8 heteroatoms. The molecule has 84 valence electrons. The summed E-state index contributed by atoms with van der Waals surface area (Å²) in [4.78, 5) is 0. The van der Waals surface area contributed by atoms with E-state index in [4.69, 9.17) is 5.73 Å². The Balaban J connectivity index is 2.08. The zero-order chi connectivity index (χ0) is 11.1. The summed E-state index contributed by atoms with van der Waals surface area (Å²) in [5.74, 6) is 0.848. The molecule has 2 heterocycles. The predicted molar refractivity (Wildman–Crippen MR) is 58.3 cm³/mol. The van der Waals surface area contributed by atoms with Crippen LogP contribution in [0.15, 0.2) is 5.16 Å². The molecule has 1 aliphatic rings. The molecule has 0 radical (unpaired) electrons. The Morgan fingerprint density at radius 1 is 1.53 bits per heavy atom. The topological polar surface area (TPSA) is 90.9 Å². The van der Waals surface area contributed by atoms with E-state index in [1.165, 1.54) is 11.8 Å². The zero-order valence-corrected chi connectivity index (χ0v) is 9.88. The third-order valence-corrected chi connectivity index (χ3v) is 5.61. The second-order valence-corrected chi connectivity index (χ2v) is 7.04. The Hall–Kier alpha value is -0.760. The standard InChI is InChI=1S/C7H12N4O2S2/c1-11-6(8)9-10-7(11)14-5-2-3-15(12,13)4-5/h5H,2-4H2,1H3,(H2,8,9). The Bertz CT molecular complexity index is 467. The highest BCUT2D eigenvalue weighted by atomic mass is 32.2. The zero-order valence-electron chi connectivity index (χ0n) is 8.25. The Morgan fingerprint density at radius 2 is 2.27 bits per heavy atom. The summed E-state index contributed by atoms with van der Waals surface area (Å²) in [6.45, 7) is 0. The number of hydrogen-bond acceptors (Lipinski definition) is 6. The van der Waals surface area contributed by atoms with Crippen molar-refractivity contribution in [1.29, 1.82) is 0 Å². The molecule has 0 aliphatic carbocycles. The molecular formula is C7H12N4O2S2. The predicted octanol–water partition coefficient (Wildman–Crippen LogP) is -0.323. The van der Waals surface area contributed by atoms with E-state index in [2.05, 4.69) is 10.2 Å². The summed E-state index contributed by atoms with van der Waals surface area (Å²) in [6.07, 6.45) is 0.680. The monoisotopic (exact) mass is 248 g/mol. The number of hydrogen-bond donors (Lipinski definition) is 1. The smallest absolute Gasteiger partial charge is 0.222 e. The van der Waals surface area contributed by atoms with E-state index < -0.39 is 9.84 Å². The Labute approximate surface area is 92.2 Å². The fourth-order valence-electron chi connectivity index (χ4n) is 1.43. The lowest BCUT2D eigenvalue weighted by molar-refractivity contribution is 0.602. The van der Waals surface area contributed by atoms with Crippen LogP contribution in [0.25, 0.3) is 0 Å². The third kappa shape index (κ3) is 2.25. The molecule has 1 unspecified atom stereocenters. The second-order valence-electron chi connectivity index (χ2n) is 3.54. The highest BCUT2D eigenvalue weighted by Crippen LogP contribution is 2.29. The second kappa shape index (κ2) is 3.67. The quantitative estimate of drug-likeness (QED) is 0.771. The molecule has 1 aromatic heterocycles. The lowest BCUT2D eigenvalue weighted by Crippen LogP contribution is -2.07. The summed E-state index contributed by atoms with van der Waals surface area (Å²) in [6, 6.07) is 0. The van der Waals surface area contributed by atoms with Gasteiger partial charge in [0.2, 0.25) is 5.95 Å². The third-order valence-electron chi connectivity index (χ3n) is 2.33. The van der Waals surface area contributed by atoms with Crippen molar-refractivity contribution in [2.24, 2.45) is 7.05 Å². The fourth-order valence-corrected chi connectivity index (χ4v) is 4.89. The van der Waals surface area contributed by atoms with Gasteiger partial charge in [0.05, 0.1) is 11.5 Å². The van der Waals surface area contributed by atoms with E-state index in [1.54, 1.807) is 11.6 Å². The van der Waals surface area contributed by atoms with Crippen LogP contribution < -0.4 is 5.73 Å². The van der Waals surface area contributed by atoms with Crippen molar-refractivity contribution in [3.05, 3.63) is 0 Å². The maximum absolute atomic E-state index is 11.2. The maximum atomic E-state index is 11.2. The average Bonchev–Trinajstić information content (AvgIpc) is 2.63. The highest BCUT2D eigenvalue weighted by Gasteiger charge is 2.29. The molecule has 0 saturated carbocycles. The lowest BCUT2D eigenvalue weighted by atomic mass is 10.4. The number of anilines is 1. The summed E-state index contributed by atoms with van der Waals surface area (Å²) < 4.78 is 24.1. The Kier molecular flexibility index (Phi) is 2.63. The highest BCUT2D eigenvalue weighted by molar-refractivity contribution is 8.01. The molecule has 0 spiro atoms. The summed E-state index contributed by atoms with van der Waals surface area (Å²) in [5.41, 5.74) is 5.53. The van der Waals surface area contributed by atoms with Gasteiger partial charge in [0.25, 0.3) is 0 Å². The van der Waals surface area contributed by atoms with Gasteiger partial charge in [-0.25, -0.2) is 8.42 Å². The molecule has 0 amide bonds. The molecule has 1 atom stereocenters. The minimum Gasteiger partial charge on any atom is -0.368 e. The average molecular weight is 248 g/mol. The van der Waals surface area contributed by atoms with Crippen molar-refractivity contribution in [1.82, 2.24) is 14.8 Å². The molecule has 1 aliphatic heterocycles. The van der Waals surface area contributed by atoms with Gasteiger partial charge in [0, 0.05) is 12.3 Å². The van der Waals surface area contributed by atoms with Crippen molar-refractivity contribution in [3.63, 3.8) is 0 Å². The van der Waals surface area contributed by atoms with Crippen LogP contribution in [0.1, 0.15) is 6.42 Å². The van der Waals surface area contributed by atoms with Crippen LogP contribution in [0.2, 0.25) is 0 Å². The van der Waals surface area contributed by atoms with E-state index in [0.717, 1.165) is 0 Å². The molecule has 1 aromatic rings. The van der Waals surface area contributed by atoms with Crippen LogP contribution in [0, 0.1) is 0 Å². The van der Waals surface area contributed by atoms with Crippen molar-refractivity contribution in [3.8, 4) is 0 Å². The van der Waals surface area contributed by atoms with Crippen molar-refractivity contribution < 1.29 is 8.42 Å². The SMILES string of the molecule is Cn1c(N)nnc1SC1CCS(=O)(=O)C1. The molecule has 1 fully saturated rings. The number of aromatic nitrogens is 3. The summed E-state index contributed by atoms with van der Waals surface area (Å²) in [7, 11) is -1.07. The first-order valence-electron chi connectivity index (χ1n) is 4.50. The molecule has 2 rings (SSSR count). The van der Waals surface area contributed by atoms with Gasteiger partial charge in [-0.05, 0) is 6.42 Å². The number of nitrogens with two attached hydrogens (primary N) is 1. The van der Waals surface area contributed by atoms with Crippen LogP contribution in [0.4, 0.5) is 5.95 Å². The number of rotatable bonds is 2. The number of nitrogen functional groups attached to an aromatic ring is 1. The molecule has 0 aromatic carbocycles. The van der Waals surface area contributed by atoms with Gasteiger partial charge >= 0.3 is 0 Å². The van der Waals surface area contributed by atoms with E-state index in [1.807, 2.05) is 0 Å². The van der Waals surface area contributed by atoms with Gasteiger partial charge in [-0.1, -0.05) is 11.8 Å². The molecule has 1 saturated heterocycles. The van der Waals surface area contributed by atoms with Crippen LogP contribution in [0.3, 0.4) is 0 Å². The number of nitrogens with zero attached hydrogens (tertiary/aromatic N) is 3. The fraction of sp³-hybridized carbons (Fsp3) is 0.714. The van der Waals surface area contributed by atoms with E-state index in [0.29, 0.717) is 17.5 Å². The molecule has 2 N–H and O–H groups in total.